The highest BCUT2D eigenvalue weighted by Crippen LogP contribution is 2.19. The molecule has 6 heteroatoms. The maximum absolute atomic E-state index is 12.7. The minimum absolute atomic E-state index is 0.125. The normalized spacial score (nSPS) is 14.7. The van der Waals surface area contributed by atoms with E-state index in [4.69, 9.17) is 10.8 Å². The molecular formula is C9H9F2NO3. The van der Waals surface area contributed by atoms with E-state index in [0.29, 0.717) is 6.07 Å². The Balaban J connectivity index is 2.96. The monoisotopic (exact) mass is 217 g/mol. The molecule has 0 fully saturated rings. The third-order valence-electron chi connectivity index (χ3n) is 1.88. The zero-order valence-corrected chi connectivity index (χ0v) is 7.52. The molecule has 4 N–H and O–H groups in total. The second kappa shape index (κ2) is 4.33. The van der Waals surface area contributed by atoms with Crippen molar-refractivity contribution in [3.63, 3.8) is 0 Å². The first-order valence-corrected chi connectivity index (χ1v) is 4.04. The first-order valence-electron chi connectivity index (χ1n) is 4.04. The minimum Gasteiger partial charge on any atom is -0.385 e. The van der Waals surface area contributed by atoms with Gasteiger partial charge in [-0.3, -0.25) is 4.79 Å². The third kappa shape index (κ3) is 2.48. The molecule has 0 bridgehead atoms. The maximum atomic E-state index is 12.7. The summed E-state index contributed by atoms with van der Waals surface area (Å²) in [6, 6.07) is 2.52. The molecule has 0 saturated carbocycles. The van der Waals surface area contributed by atoms with Gasteiger partial charge in [-0.25, -0.2) is 8.78 Å². The Labute approximate surface area is 83.9 Å². The van der Waals surface area contributed by atoms with E-state index in [9.17, 15) is 18.7 Å². The zero-order valence-electron chi connectivity index (χ0n) is 7.52. The van der Waals surface area contributed by atoms with Crippen molar-refractivity contribution in [1.29, 1.82) is 0 Å². The SMILES string of the molecule is NC(=O)C(O)C(O)c1ccc(F)c(F)c1. The summed E-state index contributed by atoms with van der Waals surface area (Å²) in [4.78, 5) is 10.5. The van der Waals surface area contributed by atoms with Crippen LogP contribution in [0.5, 0.6) is 0 Å². The summed E-state index contributed by atoms with van der Waals surface area (Å²) in [6.07, 6.45) is -3.52. The van der Waals surface area contributed by atoms with Crippen molar-refractivity contribution >= 4 is 5.91 Å². The second-order valence-corrected chi connectivity index (χ2v) is 2.97. The molecular weight excluding hydrogens is 208 g/mol. The van der Waals surface area contributed by atoms with Gasteiger partial charge < -0.3 is 15.9 Å². The molecule has 2 unspecified atom stereocenters. The molecule has 82 valence electrons. The third-order valence-corrected chi connectivity index (χ3v) is 1.88. The molecule has 0 radical (unpaired) electrons. The molecule has 4 nitrogen and oxygen atoms in total. The Morgan fingerprint density at radius 1 is 1.27 bits per heavy atom. The number of aliphatic hydroxyl groups excluding tert-OH is 2. The van der Waals surface area contributed by atoms with Crippen LogP contribution in [0, 0.1) is 11.6 Å². The van der Waals surface area contributed by atoms with E-state index in [1.807, 2.05) is 0 Å². The van der Waals surface area contributed by atoms with Crippen LogP contribution in [-0.2, 0) is 4.79 Å². The van der Waals surface area contributed by atoms with Gasteiger partial charge in [-0.2, -0.15) is 0 Å². The molecule has 1 rings (SSSR count). The van der Waals surface area contributed by atoms with E-state index >= 15 is 0 Å². The second-order valence-electron chi connectivity index (χ2n) is 2.97. The van der Waals surface area contributed by atoms with E-state index in [0.717, 1.165) is 12.1 Å². The number of primary amides is 1. The summed E-state index contributed by atoms with van der Waals surface area (Å²) in [7, 11) is 0. The van der Waals surface area contributed by atoms with Gasteiger partial charge >= 0.3 is 0 Å². The minimum atomic E-state index is -1.85. The van der Waals surface area contributed by atoms with Gasteiger partial charge in [0.25, 0.3) is 0 Å². The van der Waals surface area contributed by atoms with E-state index in [1.54, 1.807) is 0 Å². The molecule has 0 aliphatic carbocycles. The molecule has 0 aliphatic heterocycles. The molecule has 1 aromatic rings. The molecule has 0 heterocycles. The maximum Gasteiger partial charge on any atom is 0.249 e. The fourth-order valence-corrected chi connectivity index (χ4v) is 1.03. The lowest BCUT2D eigenvalue weighted by Gasteiger charge is -2.14. The lowest BCUT2D eigenvalue weighted by Crippen LogP contribution is -2.33. The van der Waals surface area contributed by atoms with Gasteiger partial charge in [0.1, 0.15) is 6.10 Å². The van der Waals surface area contributed by atoms with Gasteiger partial charge in [-0.1, -0.05) is 6.07 Å². The first kappa shape index (κ1) is 11.5. The molecule has 0 aromatic heterocycles. The zero-order chi connectivity index (χ0) is 11.6. The Kier molecular flexibility index (Phi) is 3.33. The summed E-state index contributed by atoms with van der Waals surface area (Å²) >= 11 is 0. The topological polar surface area (TPSA) is 83.6 Å². The van der Waals surface area contributed by atoms with Gasteiger partial charge in [0.05, 0.1) is 0 Å². The van der Waals surface area contributed by atoms with Crippen molar-refractivity contribution in [3.8, 4) is 0 Å². The summed E-state index contributed by atoms with van der Waals surface area (Å²) in [5.74, 6) is -3.41. The number of carbonyl (C=O) groups excluding carboxylic acids is 1. The molecule has 0 aliphatic rings. The summed E-state index contributed by atoms with van der Waals surface area (Å²) < 4.78 is 25.2. The summed E-state index contributed by atoms with van der Waals surface area (Å²) in [5, 5.41) is 18.4. The van der Waals surface area contributed by atoms with Gasteiger partial charge in [-0.05, 0) is 17.7 Å². The van der Waals surface area contributed by atoms with Crippen LogP contribution in [-0.4, -0.2) is 22.2 Å². The number of amides is 1. The average Bonchev–Trinajstić information content (AvgIpc) is 2.19. The quantitative estimate of drug-likeness (QED) is 0.658. The molecule has 1 amide bonds. The smallest absolute Gasteiger partial charge is 0.249 e. The van der Waals surface area contributed by atoms with Gasteiger partial charge in [0, 0.05) is 0 Å². The van der Waals surface area contributed by atoms with Crippen LogP contribution in [0.3, 0.4) is 0 Å². The number of nitrogens with two attached hydrogens (primary N) is 1. The predicted molar refractivity (Wildman–Crippen MR) is 46.5 cm³/mol. The highest BCUT2D eigenvalue weighted by molar-refractivity contribution is 5.79. The fraction of sp³-hybridized carbons (Fsp3) is 0.222. The molecule has 15 heavy (non-hydrogen) atoms. The number of halogens is 2. The van der Waals surface area contributed by atoms with Gasteiger partial charge in [0.2, 0.25) is 5.91 Å². The van der Waals surface area contributed by atoms with E-state index in [1.165, 1.54) is 0 Å². The van der Waals surface area contributed by atoms with Crippen LogP contribution in [0.25, 0.3) is 0 Å². The standard InChI is InChI=1S/C9H9F2NO3/c10-5-2-1-4(3-6(5)11)7(13)8(14)9(12)15/h1-3,7-8,13-14H,(H2,12,15). The van der Waals surface area contributed by atoms with Crippen molar-refractivity contribution in [3.05, 3.63) is 35.4 Å². The van der Waals surface area contributed by atoms with Crippen LogP contribution >= 0.6 is 0 Å². The average molecular weight is 217 g/mol. The lowest BCUT2D eigenvalue weighted by molar-refractivity contribution is -0.131. The Bertz CT molecular complexity index is 384. The number of hydrogen-bond donors (Lipinski definition) is 3. The van der Waals surface area contributed by atoms with Crippen LogP contribution in [0.4, 0.5) is 8.78 Å². The number of benzene rings is 1. The Morgan fingerprint density at radius 2 is 1.87 bits per heavy atom. The number of rotatable bonds is 3. The van der Waals surface area contributed by atoms with E-state index < -0.39 is 29.7 Å². The lowest BCUT2D eigenvalue weighted by atomic mass is 10.0. The highest BCUT2D eigenvalue weighted by Gasteiger charge is 2.24. The summed E-state index contributed by atoms with van der Waals surface area (Å²) in [6.45, 7) is 0. The summed E-state index contributed by atoms with van der Waals surface area (Å²) in [5.41, 5.74) is 4.60. The predicted octanol–water partition coefficient (Wildman–Crippen LogP) is -0.156. The first-order chi connectivity index (χ1) is 6.93. The van der Waals surface area contributed by atoms with Gasteiger partial charge in [-0.15, -0.1) is 0 Å². The Hall–Kier alpha value is -1.53. The van der Waals surface area contributed by atoms with Crippen molar-refractivity contribution in [1.82, 2.24) is 0 Å². The molecule has 0 saturated heterocycles. The van der Waals surface area contributed by atoms with Crippen molar-refractivity contribution < 1.29 is 23.8 Å². The molecule has 0 spiro atoms. The highest BCUT2D eigenvalue weighted by atomic mass is 19.2. The number of hydrogen-bond acceptors (Lipinski definition) is 3. The van der Waals surface area contributed by atoms with Crippen molar-refractivity contribution in [2.24, 2.45) is 5.73 Å². The van der Waals surface area contributed by atoms with E-state index in [-0.39, 0.29) is 5.56 Å². The van der Waals surface area contributed by atoms with Crippen LogP contribution in [0.15, 0.2) is 18.2 Å². The number of aliphatic hydroxyl groups is 2. The molecule has 2 atom stereocenters. The van der Waals surface area contributed by atoms with Crippen molar-refractivity contribution in [2.45, 2.75) is 12.2 Å². The van der Waals surface area contributed by atoms with Crippen molar-refractivity contribution in [2.75, 3.05) is 0 Å². The van der Waals surface area contributed by atoms with Gasteiger partial charge in [0.15, 0.2) is 17.7 Å². The van der Waals surface area contributed by atoms with Crippen LogP contribution < -0.4 is 5.73 Å². The molecule has 1 aromatic carbocycles. The van der Waals surface area contributed by atoms with Crippen LogP contribution in [0.2, 0.25) is 0 Å². The van der Waals surface area contributed by atoms with E-state index in [2.05, 4.69) is 0 Å². The Morgan fingerprint density at radius 3 is 2.33 bits per heavy atom. The van der Waals surface area contributed by atoms with Crippen LogP contribution in [0.1, 0.15) is 11.7 Å². The largest absolute Gasteiger partial charge is 0.385 e. The number of carbonyl (C=O) groups is 1. The fourth-order valence-electron chi connectivity index (χ4n) is 1.03.